The molecule has 5 heteroatoms. The lowest BCUT2D eigenvalue weighted by atomic mass is 10.2. The van der Waals surface area contributed by atoms with E-state index in [0.717, 1.165) is 5.01 Å². The summed E-state index contributed by atoms with van der Waals surface area (Å²) in [5, 5.41) is 11.0. The Morgan fingerprint density at radius 2 is 2.54 bits per heavy atom. The van der Waals surface area contributed by atoms with E-state index in [4.69, 9.17) is 9.84 Å². The van der Waals surface area contributed by atoms with Crippen LogP contribution in [0.3, 0.4) is 0 Å². The van der Waals surface area contributed by atoms with Crippen LogP contribution < -0.4 is 0 Å². The van der Waals surface area contributed by atoms with Gasteiger partial charge in [-0.05, 0) is 0 Å². The van der Waals surface area contributed by atoms with Gasteiger partial charge in [-0.3, -0.25) is 0 Å². The summed E-state index contributed by atoms with van der Waals surface area (Å²) < 4.78 is 4.85. The average molecular weight is 199 g/mol. The van der Waals surface area contributed by atoms with Gasteiger partial charge in [0, 0.05) is 12.5 Å². The zero-order valence-corrected chi connectivity index (χ0v) is 7.93. The van der Waals surface area contributed by atoms with Crippen LogP contribution in [0.4, 0.5) is 0 Å². The zero-order chi connectivity index (χ0) is 9.84. The van der Waals surface area contributed by atoms with Crippen molar-refractivity contribution in [3.63, 3.8) is 0 Å². The van der Waals surface area contributed by atoms with Crippen molar-refractivity contribution in [1.29, 1.82) is 0 Å². The molecule has 4 nitrogen and oxygen atoms in total. The Morgan fingerprint density at radius 1 is 1.85 bits per heavy atom. The summed E-state index contributed by atoms with van der Waals surface area (Å²) in [7, 11) is 1.56. The van der Waals surface area contributed by atoms with E-state index in [2.05, 4.69) is 11.6 Å². The van der Waals surface area contributed by atoms with E-state index in [1.54, 1.807) is 12.5 Å². The summed E-state index contributed by atoms with van der Waals surface area (Å²) in [4.78, 5) is 14.5. The van der Waals surface area contributed by atoms with Crippen LogP contribution >= 0.6 is 11.3 Å². The van der Waals surface area contributed by atoms with Gasteiger partial charge in [-0.25, -0.2) is 9.78 Å². The highest BCUT2D eigenvalue weighted by Gasteiger charge is 2.10. The van der Waals surface area contributed by atoms with Crippen molar-refractivity contribution in [1.82, 2.24) is 4.98 Å². The van der Waals surface area contributed by atoms with Gasteiger partial charge in [0.2, 0.25) is 0 Å². The van der Waals surface area contributed by atoms with Gasteiger partial charge in [-0.2, -0.15) is 0 Å². The molecule has 0 aliphatic heterocycles. The fourth-order valence-electron chi connectivity index (χ4n) is 0.749. The van der Waals surface area contributed by atoms with E-state index in [1.165, 1.54) is 11.3 Å². The fraction of sp³-hybridized carbons (Fsp3) is 0.250. The van der Waals surface area contributed by atoms with Gasteiger partial charge in [-0.15, -0.1) is 11.3 Å². The first-order valence-corrected chi connectivity index (χ1v) is 4.39. The van der Waals surface area contributed by atoms with Gasteiger partial charge in [0.15, 0.2) is 0 Å². The Morgan fingerprint density at radius 3 is 3.08 bits per heavy atom. The summed E-state index contributed by atoms with van der Waals surface area (Å²) in [6, 6.07) is 0. The van der Waals surface area contributed by atoms with E-state index in [1.807, 2.05) is 0 Å². The minimum atomic E-state index is -1.05. The SMILES string of the molecule is C=C(C(=O)O)c1csc(COC)n1. The molecule has 0 amide bonds. The molecule has 0 saturated heterocycles. The lowest BCUT2D eigenvalue weighted by Crippen LogP contribution is -1.98. The molecule has 0 bridgehead atoms. The number of hydrogen-bond acceptors (Lipinski definition) is 4. The number of ether oxygens (including phenoxy) is 1. The highest BCUT2D eigenvalue weighted by atomic mass is 32.1. The molecule has 13 heavy (non-hydrogen) atoms. The maximum atomic E-state index is 10.5. The molecule has 70 valence electrons. The van der Waals surface area contributed by atoms with Crippen molar-refractivity contribution < 1.29 is 14.6 Å². The standard InChI is InChI=1S/C8H9NO3S/c1-5(8(10)11)6-4-13-7(9-6)3-12-2/h4H,1,3H2,2H3,(H,10,11). The van der Waals surface area contributed by atoms with Crippen molar-refractivity contribution in [3.05, 3.63) is 22.7 Å². The number of carboxylic acids is 1. The third-order valence-electron chi connectivity index (χ3n) is 1.39. The Kier molecular flexibility index (Phi) is 3.16. The summed E-state index contributed by atoms with van der Waals surface area (Å²) in [5.41, 5.74) is 0.420. The van der Waals surface area contributed by atoms with Gasteiger partial charge in [0.1, 0.15) is 5.01 Å². The second-order valence-corrected chi connectivity index (χ2v) is 3.29. The number of nitrogens with zero attached hydrogens (tertiary/aromatic N) is 1. The smallest absolute Gasteiger partial charge is 0.337 e. The summed E-state index contributed by atoms with van der Waals surface area (Å²) in [5.74, 6) is -1.05. The fourth-order valence-corrected chi connectivity index (χ4v) is 1.53. The van der Waals surface area contributed by atoms with Crippen molar-refractivity contribution in [3.8, 4) is 0 Å². The molecule has 0 unspecified atom stereocenters. The van der Waals surface area contributed by atoms with E-state index in [9.17, 15) is 4.79 Å². The average Bonchev–Trinajstić information content (AvgIpc) is 2.52. The largest absolute Gasteiger partial charge is 0.478 e. The summed E-state index contributed by atoms with van der Waals surface area (Å²) >= 11 is 1.36. The number of aromatic nitrogens is 1. The van der Waals surface area contributed by atoms with Crippen LogP contribution in [0.25, 0.3) is 5.57 Å². The molecule has 1 heterocycles. The van der Waals surface area contributed by atoms with Crippen LogP contribution in [-0.4, -0.2) is 23.2 Å². The maximum absolute atomic E-state index is 10.5. The molecule has 0 radical (unpaired) electrons. The summed E-state index contributed by atoms with van der Waals surface area (Å²) in [6.45, 7) is 3.80. The minimum Gasteiger partial charge on any atom is -0.478 e. The molecular weight excluding hydrogens is 190 g/mol. The first-order valence-electron chi connectivity index (χ1n) is 3.51. The van der Waals surface area contributed by atoms with Crippen LogP contribution in [0.5, 0.6) is 0 Å². The van der Waals surface area contributed by atoms with E-state index in [-0.39, 0.29) is 5.57 Å². The first-order chi connectivity index (χ1) is 6.15. The third kappa shape index (κ3) is 2.37. The van der Waals surface area contributed by atoms with Gasteiger partial charge < -0.3 is 9.84 Å². The van der Waals surface area contributed by atoms with E-state index >= 15 is 0 Å². The number of thiazole rings is 1. The molecule has 0 spiro atoms. The van der Waals surface area contributed by atoms with Crippen LogP contribution in [0.2, 0.25) is 0 Å². The van der Waals surface area contributed by atoms with E-state index < -0.39 is 5.97 Å². The Bertz CT molecular complexity index is 332. The van der Waals surface area contributed by atoms with Crippen LogP contribution in [-0.2, 0) is 16.1 Å². The number of carboxylic acid groups (broad SMARTS) is 1. The Balaban J connectivity index is 2.79. The van der Waals surface area contributed by atoms with E-state index in [0.29, 0.717) is 12.3 Å². The second kappa shape index (κ2) is 4.15. The summed E-state index contributed by atoms with van der Waals surface area (Å²) in [6.07, 6.45) is 0. The molecule has 1 rings (SSSR count). The maximum Gasteiger partial charge on any atom is 0.337 e. The molecule has 1 N–H and O–H groups in total. The third-order valence-corrected chi connectivity index (χ3v) is 2.21. The van der Waals surface area contributed by atoms with Gasteiger partial charge in [0.05, 0.1) is 17.9 Å². The second-order valence-electron chi connectivity index (χ2n) is 2.34. The topological polar surface area (TPSA) is 59.4 Å². The Labute approximate surface area is 79.5 Å². The predicted molar refractivity (Wildman–Crippen MR) is 49.5 cm³/mol. The molecule has 0 aliphatic carbocycles. The highest BCUT2D eigenvalue weighted by Crippen LogP contribution is 2.16. The minimum absolute atomic E-state index is 0.0126. The predicted octanol–water partition coefficient (Wildman–Crippen LogP) is 1.39. The number of aliphatic carboxylic acids is 1. The highest BCUT2D eigenvalue weighted by molar-refractivity contribution is 7.09. The van der Waals surface area contributed by atoms with Crippen molar-refractivity contribution in [2.75, 3.05) is 7.11 Å². The molecule has 0 aliphatic rings. The number of hydrogen-bond donors (Lipinski definition) is 1. The first kappa shape index (κ1) is 9.88. The monoisotopic (exact) mass is 199 g/mol. The quantitative estimate of drug-likeness (QED) is 0.744. The van der Waals surface area contributed by atoms with Crippen molar-refractivity contribution >= 4 is 22.9 Å². The molecule has 1 aromatic rings. The van der Waals surface area contributed by atoms with Crippen LogP contribution in [0, 0.1) is 0 Å². The molecule has 1 aromatic heterocycles. The van der Waals surface area contributed by atoms with Gasteiger partial charge in [0.25, 0.3) is 0 Å². The van der Waals surface area contributed by atoms with Crippen LogP contribution in [0.1, 0.15) is 10.7 Å². The van der Waals surface area contributed by atoms with Crippen LogP contribution in [0.15, 0.2) is 12.0 Å². The normalized spacial score (nSPS) is 9.92. The molecule has 0 aromatic carbocycles. The number of carbonyl (C=O) groups is 1. The molecular formula is C8H9NO3S. The van der Waals surface area contributed by atoms with Crippen molar-refractivity contribution in [2.24, 2.45) is 0 Å². The molecule has 0 saturated carbocycles. The lowest BCUT2D eigenvalue weighted by Gasteiger charge is -1.93. The Hall–Kier alpha value is -1.20. The van der Waals surface area contributed by atoms with Crippen molar-refractivity contribution in [2.45, 2.75) is 6.61 Å². The molecule has 0 fully saturated rings. The number of rotatable bonds is 4. The lowest BCUT2D eigenvalue weighted by molar-refractivity contribution is -0.130. The number of methoxy groups -OCH3 is 1. The van der Waals surface area contributed by atoms with Gasteiger partial charge in [-0.1, -0.05) is 6.58 Å². The zero-order valence-electron chi connectivity index (χ0n) is 7.11. The van der Waals surface area contributed by atoms with Gasteiger partial charge >= 0.3 is 5.97 Å². The molecule has 0 atom stereocenters.